The SMILES string of the molecule is NCCCC1CCN1CC(F)F. The fourth-order valence-electron chi connectivity index (χ4n) is 1.59. The number of alkyl halides is 2. The zero-order valence-electron chi connectivity index (χ0n) is 7.18. The molecule has 0 radical (unpaired) electrons. The summed E-state index contributed by atoms with van der Waals surface area (Å²) in [5.41, 5.74) is 5.34. The van der Waals surface area contributed by atoms with Crippen molar-refractivity contribution in [3.05, 3.63) is 0 Å². The van der Waals surface area contributed by atoms with Crippen molar-refractivity contribution in [1.29, 1.82) is 0 Å². The van der Waals surface area contributed by atoms with Gasteiger partial charge < -0.3 is 5.73 Å². The predicted octanol–water partition coefficient (Wildman–Crippen LogP) is 1.06. The van der Waals surface area contributed by atoms with E-state index in [2.05, 4.69) is 0 Å². The topological polar surface area (TPSA) is 29.3 Å². The molecule has 4 heteroatoms. The molecule has 2 nitrogen and oxygen atoms in total. The second kappa shape index (κ2) is 4.72. The van der Waals surface area contributed by atoms with Crippen LogP contribution in [-0.2, 0) is 0 Å². The summed E-state index contributed by atoms with van der Waals surface area (Å²) in [7, 11) is 0. The smallest absolute Gasteiger partial charge is 0.251 e. The van der Waals surface area contributed by atoms with E-state index in [9.17, 15) is 8.78 Å². The number of nitrogens with two attached hydrogens (primary N) is 1. The van der Waals surface area contributed by atoms with Crippen LogP contribution >= 0.6 is 0 Å². The van der Waals surface area contributed by atoms with E-state index < -0.39 is 6.43 Å². The van der Waals surface area contributed by atoms with Crippen LogP contribution in [0.15, 0.2) is 0 Å². The van der Waals surface area contributed by atoms with Gasteiger partial charge in [-0.2, -0.15) is 0 Å². The molecule has 0 aromatic heterocycles. The Morgan fingerprint density at radius 1 is 1.50 bits per heavy atom. The summed E-state index contributed by atoms with van der Waals surface area (Å²) in [6.45, 7) is 1.44. The molecule has 0 aromatic carbocycles. The Bertz CT molecular complexity index is 130. The number of hydrogen-bond acceptors (Lipinski definition) is 2. The number of hydrogen-bond donors (Lipinski definition) is 1. The Morgan fingerprint density at radius 3 is 2.67 bits per heavy atom. The third-order valence-corrected chi connectivity index (χ3v) is 2.38. The first-order valence-electron chi connectivity index (χ1n) is 4.46. The van der Waals surface area contributed by atoms with Crippen LogP contribution in [0.3, 0.4) is 0 Å². The summed E-state index contributed by atoms with van der Waals surface area (Å²) < 4.78 is 23.9. The molecule has 1 fully saturated rings. The summed E-state index contributed by atoms with van der Waals surface area (Å²) in [6.07, 6.45) is 0.797. The van der Waals surface area contributed by atoms with E-state index >= 15 is 0 Å². The van der Waals surface area contributed by atoms with Gasteiger partial charge in [0.05, 0.1) is 6.54 Å². The van der Waals surface area contributed by atoms with Crippen molar-refractivity contribution in [1.82, 2.24) is 4.90 Å². The largest absolute Gasteiger partial charge is 0.330 e. The molecule has 0 saturated carbocycles. The van der Waals surface area contributed by atoms with Gasteiger partial charge in [-0.15, -0.1) is 0 Å². The van der Waals surface area contributed by atoms with Crippen molar-refractivity contribution in [2.24, 2.45) is 5.73 Å². The van der Waals surface area contributed by atoms with Crippen molar-refractivity contribution >= 4 is 0 Å². The Balaban J connectivity index is 2.11. The van der Waals surface area contributed by atoms with E-state index in [1.807, 2.05) is 4.90 Å². The molecular weight excluding hydrogens is 162 g/mol. The maximum absolute atomic E-state index is 11.9. The van der Waals surface area contributed by atoms with Crippen molar-refractivity contribution in [3.8, 4) is 0 Å². The van der Waals surface area contributed by atoms with Crippen molar-refractivity contribution in [3.63, 3.8) is 0 Å². The minimum Gasteiger partial charge on any atom is -0.330 e. The van der Waals surface area contributed by atoms with Crippen LogP contribution in [0.4, 0.5) is 8.78 Å². The second-order valence-corrected chi connectivity index (χ2v) is 3.26. The van der Waals surface area contributed by atoms with Gasteiger partial charge in [0.25, 0.3) is 6.43 Å². The van der Waals surface area contributed by atoms with Gasteiger partial charge in [0, 0.05) is 12.6 Å². The molecular formula is C8H16F2N2. The third-order valence-electron chi connectivity index (χ3n) is 2.38. The molecule has 1 aliphatic rings. The lowest BCUT2D eigenvalue weighted by Gasteiger charge is -2.40. The van der Waals surface area contributed by atoms with E-state index in [1.54, 1.807) is 0 Å². The minimum atomic E-state index is -2.19. The molecule has 1 aliphatic heterocycles. The van der Waals surface area contributed by atoms with Crippen molar-refractivity contribution < 1.29 is 8.78 Å². The third kappa shape index (κ3) is 2.68. The van der Waals surface area contributed by atoms with Gasteiger partial charge in [0.15, 0.2) is 0 Å². The first-order chi connectivity index (χ1) is 5.74. The summed E-state index contributed by atoms with van der Waals surface area (Å²) in [5.74, 6) is 0. The number of nitrogens with zero attached hydrogens (tertiary/aromatic N) is 1. The quantitative estimate of drug-likeness (QED) is 0.682. The average molecular weight is 178 g/mol. The highest BCUT2D eigenvalue weighted by Crippen LogP contribution is 2.22. The fraction of sp³-hybridized carbons (Fsp3) is 1.00. The van der Waals surface area contributed by atoms with Crippen molar-refractivity contribution in [2.45, 2.75) is 31.7 Å². The first-order valence-corrected chi connectivity index (χ1v) is 4.46. The van der Waals surface area contributed by atoms with E-state index in [0.717, 1.165) is 25.8 Å². The van der Waals surface area contributed by atoms with Crippen LogP contribution in [0.2, 0.25) is 0 Å². The molecule has 1 saturated heterocycles. The average Bonchev–Trinajstić information content (AvgIpc) is 1.99. The van der Waals surface area contributed by atoms with E-state index in [0.29, 0.717) is 12.6 Å². The van der Waals surface area contributed by atoms with E-state index in [4.69, 9.17) is 5.73 Å². The monoisotopic (exact) mass is 178 g/mol. The maximum atomic E-state index is 11.9. The molecule has 1 heterocycles. The summed E-state index contributed by atoms with van der Waals surface area (Å²) in [4.78, 5) is 1.85. The lowest BCUT2D eigenvalue weighted by molar-refractivity contribution is 0.0129. The van der Waals surface area contributed by atoms with Gasteiger partial charge in [-0.3, -0.25) is 4.90 Å². The Hall–Kier alpha value is -0.220. The van der Waals surface area contributed by atoms with Crippen molar-refractivity contribution in [2.75, 3.05) is 19.6 Å². The molecule has 0 amide bonds. The highest BCUT2D eigenvalue weighted by Gasteiger charge is 2.28. The Labute approximate surface area is 71.7 Å². The zero-order chi connectivity index (χ0) is 8.97. The molecule has 1 atom stereocenters. The summed E-state index contributed by atoms with van der Waals surface area (Å²) in [6, 6.07) is 0.377. The number of halogens is 2. The Morgan fingerprint density at radius 2 is 2.25 bits per heavy atom. The molecule has 1 rings (SSSR count). The molecule has 1 unspecified atom stereocenters. The second-order valence-electron chi connectivity index (χ2n) is 3.26. The molecule has 0 bridgehead atoms. The van der Waals surface area contributed by atoms with Gasteiger partial charge in [-0.05, 0) is 25.8 Å². The first kappa shape index (κ1) is 9.86. The number of likely N-dealkylation sites (tertiary alicyclic amines) is 1. The lowest BCUT2D eigenvalue weighted by atomic mass is 9.98. The maximum Gasteiger partial charge on any atom is 0.251 e. The molecule has 12 heavy (non-hydrogen) atoms. The van der Waals surface area contributed by atoms with Gasteiger partial charge in [0.2, 0.25) is 0 Å². The summed E-state index contributed by atoms with van der Waals surface area (Å²) in [5, 5.41) is 0. The van der Waals surface area contributed by atoms with Crippen LogP contribution < -0.4 is 5.73 Å². The molecule has 0 spiro atoms. The van der Waals surface area contributed by atoms with E-state index in [1.165, 1.54) is 0 Å². The van der Waals surface area contributed by atoms with Crippen LogP contribution in [0, 0.1) is 0 Å². The lowest BCUT2D eigenvalue weighted by Crippen LogP contribution is -2.49. The van der Waals surface area contributed by atoms with Crippen LogP contribution in [-0.4, -0.2) is 37.0 Å². The molecule has 0 aliphatic carbocycles. The standard InChI is InChI=1S/C8H16F2N2/c9-8(10)6-12-5-3-7(12)2-1-4-11/h7-8H,1-6,11H2. The fourth-order valence-corrected chi connectivity index (χ4v) is 1.59. The van der Waals surface area contributed by atoms with Crippen LogP contribution in [0.1, 0.15) is 19.3 Å². The van der Waals surface area contributed by atoms with Crippen LogP contribution in [0.5, 0.6) is 0 Å². The van der Waals surface area contributed by atoms with Gasteiger partial charge in [-0.1, -0.05) is 0 Å². The van der Waals surface area contributed by atoms with Crippen LogP contribution in [0.25, 0.3) is 0 Å². The zero-order valence-corrected chi connectivity index (χ0v) is 7.18. The molecule has 2 N–H and O–H groups in total. The highest BCUT2D eigenvalue weighted by atomic mass is 19.3. The van der Waals surface area contributed by atoms with Gasteiger partial charge in [-0.25, -0.2) is 8.78 Å². The Kier molecular flexibility index (Phi) is 3.88. The normalized spacial score (nSPS) is 24.5. The predicted molar refractivity (Wildman–Crippen MR) is 44.3 cm³/mol. The highest BCUT2D eigenvalue weighted by molar-refractivity contribution is 4.82. The van der Waals surface area contributed by atoms with Gasteiger partial charge >= 0.3 is 0 Å². The minimum absolute atomic E-state index is 0.0603. The van der Waals surface area contributed by atoms with Gasteiger partial charge in [0.1, 0.15) is 0 Å². The molecule has 72 valence electrons. The summed E-state index contributed by atoms with van der Waals surface area (Å²) >= 11 is 0. The molecule has 0 aromatic rings. The van der Waals surface area contributed by atoms with E-state index in [-0.39, 0.29) is 6.54 Å². The number of rotatable bonds is 5.